The molecule has 1 aromatic carbocycles. The van der Waals surface area contributed by atoms with Crippen LogP contribution >= 0.6 is 0 Å². The zero-order valence-corrected chi connectivity index (χ0v) is 8.36. The molecule has 0 aliphatic carbocycles. The van der Waals surface area contributed by atoms with Gasteiger partial charge in [0.15, 0.2) is 0 Å². The van der Waals surface area contributed by atoms with Crippen LogP contribution in [0.25, 0.3) is 0 Å². The quantitative estimate of drug-likeness (QED) is 0.543. The van der Waals surface area contributed by atoms with Gasteiger partial charge in [-0.05, 0) is 31.5 Å². The Morgan fingerprint density at radius 2 is 2.36 bits per heavy atom. The number of rotatable bonds is 3. The predicted octanol–water partition coefficient (Wildman–Crippen LogP) is 2.26. The average molecular weight is 191 g/mol. The van der Waals surface area contributed by atoms with Crippen molar-refractivity contribution in [2.75, 3.05) is 6.61 Å². The summed E-state index contributed by atoms with van der Waals surface area (Å²) in [6, 6.07) is 7.61. The molecule has 0 unspecified atom stereocenters. The first-order valence-corrected chi connectivity index (χ1v) is 4.50. The molecule has 3 heteroatoms. The van der Waals surface area contributed by atoms with E-state index >= 15 is 0 Å². The van der Waals surface area contributed by atoms with Crippen LogP contribution in [-0.4, -0.2) is 18.8 Å². The molecule has 0 bridgehead atoms. The molecule has 0 atom stereocenters. The Morgan fingerprint density at radius 3 is 3.00 bits per heavy atom. The smallest absolute Gasteiger partial charge is 0.349 e. The van der Waals surface area contributed by atoms with Crippen LogP contribution in [0.2, 0.25) is 0 Å². The minimum absolute atomic E-state index is 0.374. The Bertz CT molecular complexity index is 345. The first-order chi connectivity index (χ1) is 6.72. The third-order valence-corrected chi connectivity index (χ3v) is 1.61. The molecule has 0 aromatic heterocycles. The predicted molar refractivity (Wildman–Crippen MR) is 56.0 cm³/mol. The molecule has 3 nitrogen and oxygen atoms in total. The molecule has 14 heavy (non-hydrogen) atoms. The lowest BCUT2D eigenvalue weighted by atomic mass is 10.2. The zero-order valence-electron chi connectivity index (χ0n) is 8.36. The number of hydrogen-bond donors (Lipinski definition) is 0. The van der Waals surface area contributed by atoms with Crippen molar-refractivity contribution >= 4 is 17.9 Å². The van der Waals surface area contributed by atoms with Crippen molar-refractivity contribution in [3.05, 3.63) is 29.8 Å². The summed E-state index contributed by atoms with van der Waals surface area (Å²) in [4.78, 5) is 14.9. The maximum atomic E-state index is 10.9. The molecule has 0 fully saturated rings. The van der Waals surface area contributed by atoms with E-state index in [1.54, 1.807) is 6.92 Å². The highest BCUT2D eigenvalue weighted by atomic mass is 16.5. The summed E-state index contributed by atoms with van der Waals surface area (Å²) in [7, 11) is 0. The molecular weight excluding hydrogens is 178 g/mol. The zero-order chi connectivity index (χ0) is 10.4. The van der Waals surface area contributed by atoms with E-state index in [9.17, 15) is 4.79 Å². The maximum absolute atomic E-state index is 10.9. The molecule has 0 aliphatic heterocycles. The van der Waals surface area contributed by atoms with Gasteiger partial charge in [0.1, 0.15) is 6.21 Å². The third kappa shape index (κ3) is 3.39. The second kappa shape index (κ2) is 5.17. The van der Waals surface area contributed by atoms with Gasteiger partial charge in [-0.15, -0.1) is 0 Å². The van der Waals surface area contributed by atoms with E-state index in [1.807, 2.05) is 31.2 Å². The SMILES string of the molecule is CCOC(=O)C=Nc1cccc(C)c1. The minimum Gasteiger partial charge on any atom is -0.462 e. The van der Waals surface area contributed by atoms with Gasteiger partial charge in [-0.2, -0.15) is 0 Å². The van der Waals surface area contributed by atoms with Crippen LogP contribution in [0.15, 0.2) is 29.3 Å². The van der Waals surface area contributed by atoms with E-state index in [2.05, 4.69) is 4.99 Å². The summed E-state index contributed by atoms with van der Waals surface area (Å²) in [6.07, 6.45) is 1.19. The molecule has 1 rings (SSSR count). The highest BCUT2D eigenvalue weighted by Crippen LogP contribution is 2.12. The van der Waals surface area contributed by atoms with Gasteiger partial charge >= 0.3 is 5.97 Å². The second-order valence-corrected chi connectivity index (χ2v) is 2.85. The largest absolute Gasteiger partial charge is 0.462 e. The lowest BCUT2D eigenvalue weighted by Crippen LogP contribution is -2.04. The summed E-state index contributed by atoms with van der Waals surface area (Å²) in [5.74, 6) is -0.408. The Balaban J connectivity index is 2.64. The molecule has 0 spiro atoms. The van der Waals surface area contributed by atoms with Gasteiger partial charge in [-0.3, -0.25) is 0 Å². The number of carbonyl (C=O) groups excluding carboxylic acids is 1. The minimum atomic E-state index is -0.408. The van der Waals surface area contributed by atoms with E-state index in [0.717, 1.165) is 11.3 Å². The number of benzene rings is 1. The van der Waals surface area contributed by atoms with Crippen LogP contribution in [0.4, 0.5) is 5.69 Å². The summed E-state index contributed by atoms with van der Waals surface area (Å²) in [6.45, 7) is 4.11. The summed E-state index contributed by atoms with van der Waals surface area (Å²) >= 11 is 0. The lowest BCUT2D eigenvalue weighted by Gasteiger charge is -1.96. The van der Waals surface area contributed by atoms with Gasteiger partial charge in [0.2, 0.25) is 0 Å². The number of aliphatic imine (C=N–C) groups is 1. The van der Waals surface area contributed by atoms with Crippen LogP contribution in [0.3, 0.4) is 0 Å². The summed E-state index contributed by atoms with van der Waals surface area (Å²) in [5.41, 5.74) is 1.88. The topological polar surface area (TPSA) is 38.7 Å². The number of carbonyl (C=O) groups is 1. The molecule has 74 valence electrons. The molecule has 0 amide bonds. The Hall–Kier alpha value is -1.64. The lowest BCUT2D eigenvalue weighted by molar-refractivity contribution is -0.134. The first kappa shape index (κ1) is 10.4. The number of esters is 1. The molecule has 1 aromatic rings. The van der Waals surface area contributed by atoms with Gasteiger partial charge in [0.05, 0.1) is 12.3 Å². The average Bonchev–Trinajstić information content (AvgIpc) is 2.15. The number of ether oxygens (including phenoxy) is 1. The van der Waals surface area contributed by atoms with Crippen molar-refractivity contribution in [3.63, 3.8) is 0 Å². The number of hydrogen-bond acceptors (Lipinski definition) is 3. The van der Waals surface area contributed by atoms with Crippen LogP contribution in [0.1, 0.15) is 12.5 Å². The van der Waals surface area contributed by atoms with Gasteiger partial charge in [-0.1, -0.05) is 12.1 Å². The molecule has 0 saturated heterocycles. The van der Waals surface area contributed by atoms with Crippen LogP contribution in [-0.2, 0) is 9.53 Å². The Morgan fingerprint density at radius 1 is 1.57 bits per heavy atom. The Kier molecular flexibility index (Phi) is 3.85. The third-order valence-electron chi connectivity index (χ3n) is 1.61. The number of nitrogens with zero attached hydrogens (tertiary/aromatic N) is 1. The van der Waals surface area contributed by atoms with E-state index in [0.29, 0.717) is 6.61 Å². The Labute approximate surface area is 83.4 Å². The van der Waals surface area contributed by atoms with Gasteiger partial charge in [0, 0.05) is 0 Å². The van der Waals surface area contributed by atoms with Crippen molar-refractivity contribution in [3.8, 4) is 0 Å². The van der Waals surface area contributed by atoms with Gasteiger partial charge in [-0.25, -0.2) is 9.79 Å². The van der Waals surface area contributed by atoms with Gasteiger partial charge in [0.25, 0.3) is 0 Å². The monoisotopic (exact) mass is 191 g/mol. The molecular formula is C11H13NO2. The van der Waals surface area contributed by atoms with E-state index < -0.39 is 5.97 Å². The fraction of sp³-hybridized carbons (Fsp3) is 0.273. The molecule has 0 radical (unpaired) electrons. The fourth-order valence-electron chi connectivity index (χ4n) is 1.02. The number of aryl methyl sites for hydroxylation is 1. The van der Waals surface area contributed by atoms with Crippen molar-refractivity contribution < 1.29 is 9.53 Å². The highest BCUT2D eigenvalue weighted by Gasteiger charge is 1.94. The van der Waals surface area contributed by atoms with Crippen LogP contribution in [0, 0.1) is 6.92 Å². The van der Waals surface area contributed by atoms with Crippen LogP contribution < -0.4 is 0 Å². The van der Waals surface area contributed by atoms with E-state index in [1.165, 1.54) is 6.21 Å². The second-order valence-electron chi connectivity index (χ2n) is 2.85. The molecule has 0 N–H and O–H groups in total. The molecule has 0 aliphatic rings. The summed E-state index contributed by atoms with van der Waals surface area (Å²) < 4.78 is 4.71. The van der Waals surface area contributed by atoms with Crippen molar-refractivity contribution in [1.29, 1.82) is 0 Å². The summed E-state index contributed by atoms with van der Waals surface area (Å²) in [5, 5.41) is 0. The van der Waals surface area contributed by atoms with Gasteiger partial charge < -0.3 is 4.74 Å². The van der Waals surface area contributed by atoms with Crippen molar-refractivity contribution in [2.45, 2.75) is 13.8 Å². The molecule has 0 saturated carbocycles. The van der Waals surface area contributed by atoms with E-state index in [4.69, 9.17) is 4.74 Å². The maximum Gasteiger partial charge on any atom is 0.349 e. The fourth-order valence-corrected chi connectivity index (χ4v) is 1.02. The van der Waals surface area contributed by atoms with Crippen molar-refractivity contribution in [2.24, 2.45) is 4.99 Å². The highest BCUT2D eigenvalue weighted by molar-refractivity contribution is 6.23. The first-order valence-electron chi connectivity index (χ1n) is 4.50. The molecule has 0 heterocycles. The normalized spacial score (nSPS) is 10.4. The van der Waals surface area contributed by atoms with Crippen LogP contribution in [0.5, 0.6) is 0 Å². The van der Waals surface area contributed by atoms with E-state index in [-0.39, 0.29) is 0 Å². The van der Waals surface area contributed by atoms with Crippen molar-refractivity contribution in [1.82, 2.24) is 0 Å². The standard InChI is InChI=1S/C11H13NO2/c1-3-14-11(13)8-12-10-6-4-5-9(2)7-10/h4-8H,3H2,1-2H3.